The maximum absolute atomic E-state index is 14.8. The molecule has 1 spiro atoms. The van der Waals surface area contributed by atoms with Gasteiger partial charge < -0.3 is 14.4 Å². The van der Waals surface area contributed by atoms with Gasteiger partial charge >= 0.3 is 0 Å². The first kappa shape index (κ1) is 34.4. The Hall–Kier alpha value is -3.74. The van der Waals surface area contributed by atoms with Gasteiger partial charge in [0, 0.05) is 49.4 Å². The Morgan fingerprint density at radius 1 is 1.10 bits per heavy atom. The van der Waals surface area contributed by atoms with E-state index in [0.29, 0.717) is 40.9 Å². The smallest absolute Gasteiger partial charge is 0.286 e. The molecule has 1 N–H and O–H groups in total. The molecule has 8 rings (SSSR count). The summed E-state index contributed by atoms with van der Waals surface area (Å²) in [6.45, 7) is 4.20. The van der Waals surface area contributed by atoms with E-state index in [1.54, 1.807) is 24.0 Å². The van der Waals surface area contributed by atoms with Crippen LogP contribution in [0.2, 0.25) is 5.02 Å². The van der Waals surface area contributed by atoms with Crippen LogP contribution in [0.4, 0.5) is 11.5 Å². The number of nitrogens with zero attached hydrogens (tertiary/aromatic N) is 6. The molecule has 2 aliphatic heterocycles. The van der Waals surface area contributed by atoms with Crippen molar-refractivity contribution in [2.24, 2.45) is 29.2 Å². The van der Waals surface area contributed by atoms with Crippen LogP contribution in [0.3, 0.4) is 0 Å². The van der Waals surface area contributed by atoms with Crippen LogP contribution in [0, 0.1) is 17.8 Å². The van der Waals surface area contributed by atoms with E-state index in [2.05, 4.69) is 48.1 Å². The van der Waals surface area contributed by atoms with Crippen LogP contribution in [0.15, 0.2) is 53.3 Å². The molecular weight excluding hydrogens is 686 g/mol. The Balaban J connectivity index is 1.21. The van der Waals surface area contributed by atoms with E-state index in [1.165, 1.54) is 17.5 Å². The van der Waals surface area contributed by atoms with E-state index in [1.807, 2.05) is 25.3 Å². The highest BCUT2D eigenvalue weighted by Crippen LogP contribution is 2.47. The number of aryl methyl sites for hydroxylation is 2. The van der Waals surface area contributed by atoms with E-state index in [-0.39, 0.29) is 23.2 Å². The molecule has 0 unspecified atom stereocenters. The normalized spacial score (nSPS) is 29.6. The summed E-state index contributed by atoms with van der Waals surface area (Å²) in [6.07, 6.45) is 11.3. The second kappa shape index (κ2) is 13.7. The lowest BCUT2D eigenvalue weighted by molar-refractivity contribution is -0.0223. The summed E-state index contributed by atoms with van der Waals surface area (Å²) in [4.78, 5) is 25.2. The zero-order valence-electron chi connectivity index (χ0n) is 29.5. The number of carbonyl (C=O) groups excluding carboxylic acids is 1. The van der Waals surface area contributed by atoms with Crippen molar-refractivity contribution < 1.29 is 18.5 Å². The molecule has 11 nitrogen and oxygen atoms in total. The Labute approximate surface area is 304 Å². The van der Waals surface area contributed by atoms with Crippen LogP contribution in [0.1, 0.15) is 73.4 Å². The number of halogens is 1. The minimum atomic E-state index is -3.32. The van der Waals surface area contributed by atoms with Crippen molar-refractivity contribution in [3.05, 3.63) is 70.6 Å². The molecule has 13 heteroatoms. The number of anilines is 2. The number of rotatable bonds is 3. The monoisotopic (exact) mass is 731 g/mol. The lowest BCUT2D eigenvalue weighted by Crippen LogP contribution is -2.49. The fraction of sp³-hybridized carbons (Fsp3) is 0.526. The molecule has 0 radical (unpaired) electrons. The molecule has 6 atom stereocenters. The van der Waals surface area contributed by atoms with Crippen molar-refractivity contribution in [1.29, 1.82) is 0 Å². The number of aromatic nitrogens is 4. The number of carbonyl (C=O) groups is 1. The van der Waals surface area contributed by atoms with Crippen LogP contribution < -0.4 is 14.4 Å². The van der Waals surface area contributed by atoms with E-state index in [9.17, 15) is 9.00 Å². The quantitative estimate of drug-likeness (QED) is 0.239. The molecule has 4 heterocycles. The number of amides is 1. The molecule has 1 fully saturated rings. The van der Waals surface area contributed by atoms with Crippen molar-refractivity contribution in [2.45, 2.75) is 69.8 Å². The molecule has 0 saturated heterocycles. The van der Waals surface area contributed by atoms with Crippen molar-refractivity contribution in [1.82, 2.24) is 19.7 Å². The first-order valence-corrected chi connectivity index (χ1v) is 20.2. The fourth-order valence-corrected chi connectivity index (χ4v) is 11.1. The van der Waals surface area contributed by atoms with E-state index < -0.39 is 15.8 Å². The SMILES string of the molecule is CO[C@H]1CCC[C@H](C)C[S@@](=O)(Nc2ncnc3nn(C)cc23)=NC(=O)c2ccc3c(c2)N(C[C@@H]2CC[C@H]21)C[C@@]1(CCCc2cc(Cl)ccc21)CO3. The standard InChI is InChI=1S/C38H46ClN7O4S/c1-24-6-4-8-33(49-3)29-12-9-27(29)18-46-21-38(15-5-7-25-16-28(39)11-13-31(25)38)22-50-34-14-10-26(17-32(34)46)37(47)44-51(48,20-24)43-36-30-19-45(2)42-35(30)40-23-41-36/h10-11,13-14,16-17,19,23-24,27,29,33H,4-9,12,15,18,20-22H2,1-3H3,(H,40,41,42,43,44,47,48)/t24-,27-,29+,33-,38-,51+/m0/s1. The van der Waals surface area contributed by atoms with Gasteiger partial charge in [-0.05, 0) is 104 Å². The lowest BCUT2D eigenvalue weighted by atomic mass is 9.68. The van der Waals surface area contributed by atoms with E-state index >= 15 is 0 Å². The second-order valence-corrected chi connectivity index (χ2v) is 17.6. The third kappa shape index (κ3) is 6.70. The summed E-state index contributed by atoms with van der Waals surface area (Å²) in [7, 11) is 0.315. The van der Waals surface area contributed by atoms with Gasteiger partial charge in [0.15, 0.2) is 11.5 Å². The van der Waals surface area contributed by atoms with Crippen LogP contribution in [0.25, 0.3) is 11.0 Å². The highest BCUT2D eigenvalue weighted by molar-refractivity contribution is 7.95. The largest absolute Gasteiger partial charge is 0.490 e. The maximum atomic E-state index is 14.8. The Morgan fingerprint density at radius 2 is 1.98 bits per heavy atom. The summed E-state index contributed by atoms with van der Waals surface area (Å²) >= 11 is 6.48. The van der Waals surface area contributed by atoms with Gasteiger partial charge in [0.05, 0.1) is 29.5 Å². The molecule has 51 heavy (non-hydrogen) atoms. The third-order valence-electron chi connectivity index (χ3n) is 11.6. The molecule has 2 aromatic carbocycles. The van der Waals surface area contributed by atoms with Crippen molar-refractivity contribution in [2.75, 3.05) is 42.2 Å². The van der Waals surface area contributed by atoms with Gasteiger partial charge in [-0.1, -0.05) is 31.0 Å². The van der Waals surface area contributed by atoms with Gasteiger partial charge in [0.1, 0.15) is 22.0 Å². The molecule has 1 amide bonds. The maximum Gasteiger partial charge on any atom is 0.286 e. The van der Waals surface area contributed by atoms with Crippen molar-refractivity contribution >= 4 is 50.0 Å². The highest BCUT2D eigenvalue weighted by atomic mass is 35.5. The van der Waals surface area contributed by atoms with Gasteiger partial charge in [0.25, 0.3) is 5.91 Å². The minimum Gasteiger partial charge on any atom is -0.490 e. The number of nitrogens with one attached hydrogen (secondary N) is 1. The lowest BCUT2D eigenvalue weighted by Gasteiger charge is -2.46. The first-order chi connectivity index (χ1) is 24.6. The number of benzene rings is 2. The molecular formula is C38H46ClN7O4S. The fourth-order valence-electron chi connectivity index (χ4n) is 8.96. The zero-order valence-corrected chi connectivity index (χ0v) is 31.1. The van der Waals surface area contributed by atoms with Crippen molar-refractivity contribution in [3.63, 3.8) is 0 Å². The molecule has 2 aliphatic carbocycles. The number of hydrogen-bond acceptors (Lipinski definition) is 8. The first-order valence-electron chi connectivity index (χ1n) is 18.2. The number of hydrogen-bond donors (Lipinski definition) is 1. The van der Waals surface area contributed by atoms with Gasteiger partial charge in [-0.15, -0.1) is 4.36 Å². The van der Waals surface area contributed by atoms with Gasteiger partial charge in [0.2, 0.25) is 0 Å². The Morgan fingerprint density at radius 3 is 2.80 bits per heavy atom. The van der Waals surface area contributed by atoms with Crippen LogP contribution in [-0.4, -0.2) is 68.5 Å². The predicted molar refractivity (Wildman–Crippen MR) is 200 cm³/mol. The van der Waals surface area contributed by atoms with Gasteiger partial charge in [-0.3, -0.25) is 14.2 Å². The van der Waals surface area contributed by atoms with Crippen LogP contribution in [0.5, 0.6) is 5.75 Å². The average molecular weight is 732 g/mol. The second-order valence-electron chi connectivity index (χ2n) is 15.2. The Kier molecular flexibility index (Phi) is 9.21. The molecule has 2 aromatic heterocycles. The summed E-state index contributed by atoms with van der Waals surface area (Å²) < 4.78 is 36.9. The minimum absolute atomic E-state index is 0.0238. The third-order valence-corrected chi connectivity index (χ3v) is 13.8. The highest BCUT2D eigenvalue weighted by Gasteiger charge is 2.44. The summed E-state index contributed by atoms with van der Waals surface area (Å²) in [5.74, 6) is 1.66. The van der Waals surface area contributed by atoms with Gasteiger partial charge in [-0.25, -0.2) is 14.2 Å². The summed E-state index contributed by atoms with van der Waals surface area (Å²) in [6, 6.07) is 11.8. The van der Waals surface area contributed by atoms with Crippen molar-refractivity contribution in [3.8, 4) is 5.75 Å². The molecule has 1 saturated carbocycles. The average Bonchev–Trinajstić information content (AvgIpc) is 3.41. The zero-order chi connectivity index (χ0) is 35.3. The number of fused-ring (bicyclic) bond motifs is 5. The molecule has 2 bridgehead atoms. The summed E-state index contributed by atoms with van der Waals surface area (Å²) in [5, 5.41) is 5.74. The van der Waals surface area contributed by atoms with Crippen LogP contribution in [-0.2, 0) is 33.5 Å². The number of methoxy groups -OCH3 is 1. The van der Waals surface area contributed by atoms with E-state index in [0.717, 1.165) is 80.9 Å². The van der Waals surface area contributed by atoms with Gasteiger partial charge in [-0.2, -0.15) is 5.10 Å². The predicted octanol–water partition coefficient (Wildman–Crippen LogP) is 6.99. The number of ether oxygens (including phenoxy) is 2. The molecule has 4 aliphatic rings. The van der Waals surface area contributed by atoms with Crippen LogP contribution >= 0.6 is 11.6 Å². The summed E-state index contributed by atoms with van der Waals surface area (Å²) in [5.41, 5.74) is 4.08. The van der Waals surface area contributed by atoms with E-state index in [4.69, 9.17) is 21.1 Å². The Bertz CT molecular complexity index is 2100. The topological polar surface area (TPSA) is 124 Å². The molecule has 4 aromatic rings. The molecule has 270 valence electrons.